The summed E-state index contributed by atoms with van der Waals surface area (Å²) in [5, 5.41) is 6.40. The number of rotatable bonds is 5. The summed E-state index contributed by atoms with van der Waals surface area (Å²) in [6, 6.07) is 3.71. The number of hydrogen-bond acceptors (Lipinski definition) is 5. The molecule has 1 unspecified atom stereocenters. The van der Waals surface area contributed by atoms with Crippen molar-refractivity contribution >= 4 is 36.5 Å². The topological polar surface area (TPSA) is 60.5 Å². The Morgan fingerprint density at radius 3 is 2.76 bits per heavy atom. The average molecular weight is 390 g/mol. The molecule has 3 rings (SSSR count). The van der Waals surface area contributed by atoms with Crippen LogP contribution < -0.4 is 15.5 Å². The molecule has 1 atom stereocenters. The van der Waals surface area contributed by atoms with E-state index >= 15 is 0 Å². The normalized spacial score (nSPS) is 20.5. The molecule has 8 heteroatoms. The van der Waals surface area contributed by atoms with Gasteiger partial charge in [-0.05, 0) is 51.0 Å². The van der Waals surface area contributed by atoms with E-state index in [1.807, 2.05) is 6.07 Å². The van der Waals surface area contributed by atoms with Gasteiger partial charge in [0.25, 0.3) is 5.91 Å². The summed E-state index contributed by atoms with van der Waals surface area (Å²) in [6.07, 6.45) is 4.01. The molecule has 2 saturated heterocycles. The van der Waals surface area contributed by atoms with Crippen LogP contribution in [0, 0.1) is 5.92 Å². The number of likely N-dealkylation sites (N-methyl/N-ethyl adjacent to an activating group) is 1. The predicted octanol–water partition coefficient (Wildman–Crippen LogP) is 1.41. The van der Waals surface area contributed by atoms with Gasteiger partial charge < -0.3 is 20.4 Å². The van der Waals surface area contributed by atoms with Crippen molar-refractivity contribution in [1.82, 2.24) is 20.5 Å². The van der Waals surface area contributed by atoms with Crippen LogP contribution in [0.25, 0.3) is 0 Å². The maximum Gasteiger partial charge on any atom is 0.251 e. The summed E-state index contributed by atoms with van der Waals surface area (Å²) >= 11 is 0. The monoisotopic (exact) mass is 389 g/mol. The van der Waals surface area contributed by atoms with Crippen LogP contribution in [0.2, 0.25) is 0 Å². The van der Waals surface area contributed by atoms with Crippen LogP contribution in [-0.2, 0) is 0 Å². The van der Waals surface area contributed by atoms with Gasteiger partial charge in [-0.25, -0.2) is 4.98 Å². The Balaban J connectivity index is 0.00000156. The van der Waals surface area contributed by atoms with Gasteiger partial charge in [-0.2, -0.15) is 0 Å². The standard InChI is InChI=1S/C17H27N5O.2ClH/c1-21-8-10-22(11-9-21)16-12-15(4-7-19-16)17(23)20-6-3-14-2-5-18-13-14;;/h4,7,12,14,18H,2-3,5-6,8-11,13H2,1H3,(H,20,23);2*1H. The molecular weight excluding hydrogens is 361 g/mol. The molecule has 2 aliphatic rings. The maximum atomic E-state index is 12.3. The molecular formula is C17H29Cl2N5O. The minimum atomic E-state index is 0. The quantitative estimate of drug-likeness (QED) is 0.796. The fourth-order valence-electron chi connectivity index (χ4n) is 3.22. The second-order valence-electron chi connectivity index (χ2n) is 6.60. The van der Waals surface area contributed by atoms with Gasteiger partial charge >= 0.3 is 0 Å². The second-order valence-corrected chi connectivity index (χ2v) is 6.60. The Kier molecular flexibility index (Phi) is 9.50. The van der Waals surface area contributed by atoms with Gasteiger partial charge in [-0.1, -0.05) is 0 Å². The van der Waals surface area contributed by atoms with Crippen LogP contribution in [0.5, 0.6) is 0 Å². The smallest absolute Gasteiger partial charge is 0.251 e. The number of pyridine rings is 1. The first kappa shape index (κ1) is 22.0. The molecule has 142 valence electrons. The fourth-order valence-corrected chi connectivity index (χ4v) is 3.22. The molecule has 2 aliphatic heterocycles. The number of carbonyl (C=O) groups excluding carboxylic acids is 1. The Labute approximate surface area is 162 Å². The van der Waals surface area contributed by atoms with E-state index in [9.17, 15) is 4.79 Å². The third-order valence-corrected chi connectivity index (χ3v) is 4.84. The summed E-state index contributed by atoms with van der Waals surface area (Å²) < 4.78 is 0. The number of nitrogens with one attached hydrogen (secondary N) is 2. The minimum absolute atomic E-state index is 0. The van der Waals surface area contributed by atoms with Crippen molar-refractivity contribution in [3.8, 4) is 0 Å². The minimum Gasteiger partial charge on any atom is -0.354 e. The van der Waals surface area contributed by atoms with Gasteiger partial charge in [0.05, 0.1) is 0 Å². The van der Waals surface area contributed by atoms with E-state index in [1.165, 1.54) is 6.42 Å². The number of halogens is 2. The number of piperazine rings is 1. The predicted molar refractivity (Wildman–Crippen MR) is 106 cm³/mol. The van der Waals surface area contributed by atoms with Crippen LogP contribution >= 0.6 is 24.8 Å². The highest BCUT2D eigenvalue weighted by Crippen LogP contribution is 2.15. The molecule has 0 aliphatic carbocycles. The largest absolute Gasteiger partial charge is 0.354 e. The third kappa shape index (κ3) is 6.29. The van der Waals surface area contributed by atoms with Crippen molar-refractivity contribution < 1.29 is 4.79 Å². The fraction of sp³-hybridized carbons (Fsp3) is 0.647. The molecule has 0 radical (unpaired) electrons. The highest BCUT2D eigenvalue weighted by Gasteiger charge is 2.17. The molecule has 1 amide bonds. The van der Waals surface area contributed by atoms with Crippen LogP contribution in [0.3, 0.4) is 0 Å². The Morgan fingerprint density at radius 2 is 2.08 bits per heavy atom. The summed E-state index contributed by atoms with van der Waals surface area (Å²) in [4.78, 5) is 21.3. The van der Waals surface area contributed by atoms with E-state index < -0.39 is 0 Å². The Bertz CT molecular complexity index is 532. The first-order valence-corrected chi connectivity index (χ1v) is 8.61. The Morgan fingerprint density at radius 1 is 1.32 bits per heavy atom. The lowest BCUT2D eigenvalue weighted by Crippen LogP contribution is -2.44. The summed E-state index contributed by atoms with van der Waals surface area (Å²) in [5.74, 6) is 1.62. The van der Waals surface area contributed by atoms with Crippen molar-refractivity contribution in [3.05, 3.63) is 23.9 Å². The first-order valence-electron chi connectivity index (χ1n) is 8.61. The number of aromatic nitrogens is 1. The molecule has 2 N–H and O–H groups in total. The molecule has 0 bridgehead atoms. The van der Waals surface area contributed by atoms with Crippen molar-refractivity contribution in [1.29, 1.82) is 0 Å². The molecule has 0 saturated carbocycles. The van der Waals surface area contributed by atoms with Crippen molar-refractivity contribution in [2.45, 2.75) is 12.8 Å². The van der Waals surface area contributed by atoms with E-state index in [0.717, 1.165) is 58.1 Å². The van der Waals surface area contributed by atoms with Crippen molar-refractivity contribution in [2.75, 3.05) is 57.8 Å². The van der Waals surface area contributed by atoms with Crippen molar-refractivity contribution in [2.24, 2.45) is 5.92 Å². The lowest BCUT2D eigenvalue weighted by molar-refractivity contribution is 0.0951. The summed E-state index contributed by atoms with van der Waals surface area (Å²) in [7, 11) is 2.13. The van der Waals surface area contributed by atoms with E-state index in [2.05, 4.69) is 32.5 Å². The van der Waals surface area contributed by atoms with Gasteiger partial charge in [0, 0.05) is 44.5 Å². The molecule has 25 heavy (non-hydrogen) atoms. The zero-order valence-corrected chi connectivity index (χ0v) is 16.4. The van der Waals surface area contributed by atoms with Crippen molar-refractivity contribution in [3.63, 3.8) is 0 Å². The highest BCUT2D eigenvalue weighted by atomic mass is 35.5. The first-order chi connectivity index (χ1) is 11.2. The molecule has 0 aromatic carbocycles. The van der Waals surface area contributed by atoms with Crippen LogP contribution in [0.15, 0.2) is 18.3 Å². The molecule has 6 nitrogen and oxygen atoms in total. The molecule has 1 aromatic rings. The molecule has 0 spiro atoms. The maximum absolute atomic E-state index is 12.3. The van der Waals surface area contributed by atoms with Gasteiger partial charge in [0.2, 0.25) is 0 Å². The van der Waals surface area contributed by atoms with Gasteiger partial charge in [-0.3, -0.25) is 4.79 Å². The van der Waals surface area contributed by atoms with E-state index in [1.54, 1.807) is 12.3 Å². The summed E-state index contributed by atoms with van der Waals surface area (Å²) in [6.45, 7) is 6.93. The molecule has 2 fully saturated rings. The molecule has 3 heterocycles. The van der Waals surface area contributed by atoms with Gasteiger partial charge in [0.1, 0.15) is 5.82 Å². The molecule has 1 aromatic heterocycles. The van der Waals surface area contributed by atoms with Crippen LogP contribution in [-0.4, -0.2) is 68.7 Å². The zero-order chi connectivity index (χ0) is 16.1. The number of anilines is 1. The van der Waals surface area contributed by atoms with E-state index in [-0.39, 0.29) is 30.7 Å². The third-order valence-electron chi connectivity index (χ3n) is 4.84. The second kappa shape index (κ2) is 10.8. The van der Waals surface area contributed by atoms with Crippen LogP contribution in [0.4, 0.5) is 5.82 Å². The van der Waals surface area contributed by atoms with Gasteiger partial charge in [-0.15, -0.1) is 24.8 Å². The summed E-state index contributed by atoms with van der Waals surface area (Å²) in [5.41, 5.74) is 0.707. The van der Waals surface area contributed by atoms with Gasteiger partial charge in [0.15, 0.2) is 0 Å². The van der Waals surface area contributed by atoms with E-state index in [4.69, 9.17) is 0 Å². The van der Waals surface area contributed by atoms with E-state index in [0.29, 0.717) is 11.5 Å². The lowest BCUT2D eigenvalue weighted by Gasteiger charge is -2.33. The highest BCUT2D eigenvalue weighted by molar-refractivity contribution is 5.94. The number of nitrogens with zero attached hydrogens (tertiary/aromatic N) is 3. The lowest BCUT2D eigenvalue weighted by atomic mass is 10.1. The average Bonchev–Trinajstić information content (AvgIpc) is 3.09. The number of carbonyl (C=O) groups is 1. The SMILES string of the molecule is CN1CCN(c2cc(C(=O)NCCC3CCNC3)ccn2)CC1.Cl.Cl. The zero-order valence-electron chi connectivity index (χ0n) is 14.7. The Hall–Kier alpha value is -1.08. The van der Waals surface area contributed by atoms with Crippen LogP contribution in [0.1, 0.15) is 23.2 Å². The number of hydrogen-bond donors (Lipinski definition) is 2. The number of amides is 1.